The lowest BCUT2D eigenvalue weighted by Crippen LogP contribution is -2.41. The second-order valence-corrected chi connectivity index (χ2v) is 7.98. The van der Waals surface area contributed by atoms with Crippen LogP contribution in [0.1, 0.15) is 22.8 Å². The van der Waals surface area contributed by atoms with E-state index in [9.17, 15) is 27.2 Å². The van der Waals surface area contributed by atoms with E-state index in [0.29, 0.717) is 10.5 Å². The summed E-state index contributed by atoms with van der Waals surface area (Å²) in [7, 11) is -3.91. The number of sulfonamides is 1. The van der Waals surface area contributed by atoms with Gasteiger partial charge in [0.2, 0.25) is 10.0 Å². The number of amides is 3. The van der Waals surface area contributed by atoms with Gasteiger partial charge >= 0.3 is 6.03 Å². The van der Waals surface area contributed by atoms with Crippen LogP contribution in [0.2, 0.25) is 0 Å². The number of carbonyl (C=O) groups excluding carboxylic acids is 3. The van der Waals surface area contributed by atoms with Crippen molar-refractivity contribution in [2.45, 2.75) is 17.4 Å². The van der Waals surface area contributed by atoms with Crippen LogP contribution >= 0.6 is 0 Å². The van der Waals surface area contributed by atoms with Gasteiger partial charge < -0.3 is 5.32 Å². The fraction of sp³-hybridized carbons (Fsp3) is 0.167. The largest absolute Gasteiger partial charge is 0.325 e. The lowest BCUT2D eigenvalue weighted by molar-refractivity contribution is -0.130. The minimum absolute atomic E-state index is 0.150. The third kappa shape index (κ3) is 3.39. The molecule has 1 atom stereocenters. The first kappa shape index (κ1) is 19.6. The van der Waals surface area contributed by atoms with E-state index >= 15 is 0 Å². The predicted molar refractivity (Wildman–Crippen MR) is 96.1 cm³/mol. The summed E-state index contributed by atoms with van der Waals surface area (Å²) in [5.41, 5.74) is -1.43. The molecule has 3 rings (SSSR count). The van der Waals surface area contributed by atoms with E-state index in [2.05, 4.69) is 5.32 Å². The Bertz CT molecular complexity index is 1080. The number of imide groups is 1. The number of urea groups is 1. The molecule has 0 aliphatic carbocycles. The van der Waals surface area contributed by atoms with Crippen molar-refractivity contribution in [2.75, 3.05) is 6.54 Å². The summed E-state index contributed by atoms with van der Waals surface area (Å²) in [5, 5.41) is 7.53. The highest BCUT2D eigenvalue weighted by molar-refractivity contribution is 7.89. The molecule has 2 aromatic carbocycles. The molecule has 1 aliphatic heterocycles. The van der Waals surface area contributed by atoms with E-state index < -0.39 is 45.6 Å². The van der Waals surface area contributed by atoms with Crippen LogP contribution in [0.3, 0.4) is 0 Å². The van der Waals surface area contributed by atoms with Crippen LogP contribution < -0.4 is 10.5 Å². The first-order valence-electron chi connectivity index (χ1n) is 8.09. The van der Waals surface area contributed by atoms with Crippen LogP contribution in [0.4, 0.5) is 9.18 Å². The Morgan fingerprint density at radius 1 is 1.14 bits per heavy atom. The molecule has 8 nitrogen and oxygen atoms in total. The van der Waals surface area contributed by atoms with Crippen molar-refractivity contribution in [3.05, 3.63) is 65.5 Å². The number of rotatable bonds is 5. The second kappa shape index (κ2) is 6.80. The summed E-state index contributed by atoms with van der Waals surface area (Å²) < 4.78 is 36.5. The molecule has 0 aromatic heterocycles. The van der Waals surface area contributed by atoms with Crippen LogP contribution in [-0.2, 0) is 20.4 Å². The van der Waals surface area contributed by atoms with Crippen LogP contribution in [0.25, 0.3) is 0 Å². The quantitative estimate of drug-likeness (QED) is 0.569. The van der Waals surface area contributed by atoms with E-state index in [0.717, 1.165) is 6.07 Å². The Morgan fingerprint density at radius 3 is 2.32 bits per heavy atom. The van der Waals surface area contributed by atoms with Gasteiger partial charge in [-0.3, -0.25) is 14.5 Å². The molecule has 2 aromatic rings. The van der Waals surface area contributed by atoms with Gasteiger partial charge in [0.15, 0.2) is 5.78 Å². The number of nitrogens with one attached hydrogen (secondary N) is 1. The summed E-state index contributed by atoms with van der Waals surface area (Å²) in [6, 6.07) is 9.57. The molecule has 10 heteroatoms. The monoisotopic (exact) mass is 405 g/mol. The molecular weight excluding hydrogens is 389 g/mol. The first-order chi connectivity index (χ1) is 13.0. The molecule has 1 saturated heterocycles. The van der Waals surface area contributed by atoms with Gasteiger partial charge in [0.25, 0.3) is 5.91 Å². The number of carbonyl (C=O) groups is 3. The summed E-state index contributed by atoms with van der Waals surface area (Å²) in [5.74, 6) is -2.19. The smallest absolute Gasteiger partial charge is 0.319 e. The lowest BCUT2D eigenvalue weighted by Gasteiger charge is -2.22. The number of nitrogens with zero attached hydrogens (tertiary/aromatic N) is 1. The first-order valence-corrected chi connectivity index (χ1v) is 9.64. The van der Waals surface area contributed by atoms with Gasteiger partial charge in [-0.15, -0.1) is 0 Å². The normalized spacial score (nSPS) is 19.6. The Labute approximate surface area is 160 Å². The fourth-order valence-corrected chi connectivity index (χ4v) is 3.45. The van der Waals surface area contributed by atoms with Crippen molar-refractivity contribution in [1.82, 2.24) is 10.2 Å². The summed E-state index contributed by atoms with van der Waals surface area (Å²) >= 11 is 0. The SMILES string of the molecule is CC1(c2ccc(S(N)(=O)=O)cc2)NC(=O)N(CC(=O)c2ccccc2F)C1=O. The second-order valence-electron chi connectivity index (χ2n) is 6.42. The fourth-order valence-electron chi connectivity index (χ4n) is 2.93. The Balaban J connectivity index is 1.86. The molecule has 3 amide bonds. The van der Waals surface area contributed by atoms with Crippen LogP contribution in [0.15, 0.2) is 53.4 Å². The number of Topliss-reactive ketones (excluding diaryl/α,β-unsaturated/α-hetero) is 1. The summed E-state index contributed by atoms with van der Waals surface area (Å²) in [6.45, 7) is 0.795. The van der Waals surface area contributed by atoms with Crippen LogP contribution in [-0.4, -0.2) is 37.6 Å². The number of hydrogen-bond donors (Lipinski definition) is 2. The number of hydrogen-bond acceptors (Lipinski definition) is 5. The highest BCUT2D eigenvalue weighted by atomic mass is 32.2. The third-order valence-corrected chi connectivity index (χ3v) is 5.44. The van der Waals surface area contributed by atoms with Crippen LogP contribution in [0.5, 0.6) is 0 Å². The molecule has 0 saturated carbocycles. The standard InChI is InChI=1S/C18H16FN3O5S/c1-18(11-6-8-12(9-7-11)28(20,26)27)16(24)22(17(25)21-18)10-15(23)13-4-2-3-5-14(13)19/h2-9H,10H2,1H3,(H,21,25)(H2,20,26,27). The highest BCUT2D eigenvalue weighted by Crippen LogP contribution is 2.29. The molecule has 28 heavy (non-hydrogen) atoms. The zero-order valence-corrected chi connectivity index (χ0v) is 15.5. The molecule has 146 valence electrons. The maximum absolute atomic E-state index is 13.8. The van der Waals surface area contributed by atoms with Gasteiger partial charge in [0.1, 0.15) is 11.4 Å². The average Bonchev–Trinajstić information content (AvgIpc) is 2.85. The van der Waals surface area contributed by atoms with Gasteiger partial charge in [-0.25, -0.2) is 22.7 Å². The van der Waals surface area contributed by atoms with Crippen molar-refractivity contribution in [2.24, 2.45) is 5.14 Å². The number of halogens is 1. The molecule has 1 heterocycles. The van der Waals surface area contributed by atoms with Gasteiger partial charge in [0.05, 0.1) is 17.0 Å². The molecule has 0 bridgehead atoms. The van der Waals surface area contributed by atoms with Gasteiger partial charge in [0, 0.05) is 0 Å². The summed E-state index contributed by atoms with van der Waals surface area (Å²) in [4.78, 5) is 38.0. The summed E-state index contributed by atoms with van der Waals surface area (Å²) in [6.07, 6.45) is 0. The number of primary sulfonamides is 1. The maximum atomic E-state index is 13.8. The van der Waals surface area contributed by atoms with E-state index in [-0.39, 0.29) is 10.5 Å². The number of benzene rings is 2. The average molecular weight is 405 g/mol. The van der Waals surface area contributed by atoms with Crippen molar-refractivity contribution < 1.29 is 27.2 Å². The van der Waals surface area contributed by atoms with Crippen LogP contribution in [0, 0.1) is 5.82 Å². The van der Waals surface area contributed by atoms with Gasteiger partial charge in [-0.2, -0.15) is 0 Å². The molecule has 0 radical (unpaired) electrons. The van der Waals surface area contributed by atoms with E-state index in [1.807, 2.05) is 0 Å². The topological polar surface area (TPSA) is 127 Å². The highest BCUT2D eigenvalue weighted by Gasteiger charge is 2.49. The molecular formula is C18H16FN3O5S. The Hall–Kier alpha value is -3.11. The zero-order valence-electron chi connectivity index (χ0n) is 14.7. The maximum Gasteiger partial charge on any atom is 0.325 e. The molecule has 3 N–H and O–H groups in total. The van der Waals surface area contributed by atoms with E-state index in [4.69, 9.17) is 5.14 Å². The van der Waals surface area contributed by atoms with Crippen molar-refractivity contribution >= 4 is 27.7 Å². The molecule has 0 spiro atoms. The molecule has 1 fully saturated rings. The molecule has 1 unspecified atom stereocenters. The zero-order chi connectivity index (χ0) is 20.7. The van der Waals surface area contributed by atoms with Gasteiger partial charge in [-0.05, 0) is 36.8 Å². The predicted octanol–water partition coefficient (Wildman–Crippen LogP) is 1.12. The Kier molecular flexibility index (Phi) is 4.77. The van der Waals surface area contributed by atoms with Crippen molar-refractivity contribution in [3.8, 4) is 0 Å². The number of nitrogens with two attached hydrogens (primary N) is 1. The van der Waals surface area contributed by atoms with Crippen molar-refractivity contribution in [3.63, 3.8) is 0 Å². The minimum atomic E-state index is -3.91. The minimum Gasteiger partial charge on any atom is -0.319 e. The number of ketones is 1. The van der Waals surface area contributed by atoms with E-state index in [1.54, 1.807) is 0 Å². The Morgan fingerprint density at radius 2 is 1.75 bits per heavy atom. The molecule has 1 aliphatic rings. The lowest BCUT2D eigenvalue weighted by atomic mass is 9.92. The van der Waals surface area contributed by atoms with Crippen molar-refractivity contribution in [1.29, 1.82) is 0 Å². The van der Waals surface area contributed by atoms with Gasteiger partial charge in [-0.1, -0.05) is 24.3 Å². The third-order valence-electron chi connectivity index (χ3n) is 4.51. The van der Waals surface area contributed by atoms with E-state index in [1.165, 1.54) is 49.4 Å².